The van der Waals surface area contributed by atoms with E-state index in [9.17, 15) is 18.3 Å². The van der Waals surface area contributed by atoms with Crippen LogP contribution in [0.25, 0.3) is 0 Å². The zero-order valence-electron chi connectivity index (χ0n) is 11.5. The largest absolute Gasteiger partial charge is 0.493 e. The van der Waals surface area contributed by atoms with Gasteiger partial charge in [0.05, 0.1) is 18.8 Å². The first-order valence-corrected chi connectivity index (χ1v) is 6.55. The molecular formula is C14H19F3O3. The number of halogens is 3. The Morgan fingerprint density at radius 2 is 1.50 bits per heavy atom. The fourth-order valence-corrected chi connectivity index (χ4v) is 1.63. The number of hydrogen-bond acceptors (Lipinski definition) is 3. The molecule has 0 aliphatic rings. The van der Waals surface area contributed by atoms with Crippen LogP contribution in [-0.4, -0.2) is 24.5 Å². The lowest BCUT2D eigenvalue weighted by Gasteiger charge is -2.21. The maximum atomic E-state index is 12.8. The molecule has 6 heteroatoms. The van der Waals surface area contributed by atoms with Crippen LogP contribution in [0.3, 0.4) is 0 Å². The van der Waals surface area contributed by atoms with Gasteiger partial charge in [-0.25, -0.2) is 0 Å². The van der Waals surface area contributed by atoms with E-state index < -0.39 is 12.3 Å². The first-order chi connectivity index (χ1) is 9.41. The van der Waals surface area contributed by atoms with E-state index in [0.29, 0.717) is 12.8 Å². The van der Waals surface area contributed by atoms with Gasteiger partial charge in [-0.1, -0.05) is 19.9 Å². The second-order valence-corrected chi connectivity index (χ2v) is 4.31. The van der Waals surface area contributed by atoms with Gasteiger partial charge < -0.3 is 14.6 Å². The molecule has 0 aromatic heterocycles. The molecule has 114 valence electrons. The van der Waals surface area contributed by atoms with E-state index in [1.807, 2.05) is 13.8 Å². The summed E-state index contributed by atoms with van der Waals surface area (Å²) in [7, 11) is 0. The minimum Gasteiger partial charge on any atom is -0.493 e. The zero-order valence-corrected chi connectivity index (χ0v) is 11.5. The molecule has 3 nitrogen and oxygen atoms in total. The summed E-state index contributed by atoms with van der Waals surface area (Å²) in [6.45, 7) is 4.23. The Labute approximate surface area is 116 Å². The Hall–Kier alpha value is -1.43. The highest BCUT2D eigenvalue weighted by molar-refractivity contribution is 5.47. The molecule has 0 fully saturated rings. The molecule has 0 bridgehead atoms. The van der Waals surface area contributed by atoms with E-state index >= 15 is 0 Å². The summed E-state index contributed by atoms with van der Waals surface area (Å²) < 4.78 is 48.9. The highest BCUT2D eigenvalue weighted by Gasteiger charge is 2.42. The Balaban J connectivity index is 3.17. The maximum Gasteiger partial charge on any atom is 0.418 e. The lowest BCUT2D eigenvalue weighted by atomic mass is 10.1. The van der Waals surface area contributed by atoms with Gasteiger partial charge in [0.2, 0.25) is 0 Å². The number of hydrogen-bond donors (Lipinski definition) is 1. The van der Waals surface area contributed by atoms with Crippen molar-refractivity contribution < 1.29 is 27.8 Å². The number of aliphatic hydroxyl groups is 1. The van der Waals surface area contributed by atoms with Crippen molar-refractivity contribution in [1.82, 2.24) is 0 Å². The second-order valence-electron chi connectivity index (χ2n) is 4.31. The smallest absolute Gasteiger partial charge is 0.418 e. The van der Waals surface area contributed by atoms with Gasteiger partial charge in [-0.2, -0.15) is 13.2 Å². The van der Waals surface area contributed by atoms with Gasteiger partial charge in [-0.15, -0.1) is 0 Å². The third kappa shape index (κ3) is 4.30. The Kier molecular flexibility index (Phi) is 6.13. The minimum absolute atomic E-state index is 0.00489. The third-order valence-corrected chi connectivity index (χ3v) is 2.53. The van der Waals surface area contributed by atoms with Crippen LogP contribution < -0.4 is 9.47 Å². The molecule has 0 amide bonds. The number of aliphatic hydroxyl groups excluding tert-OH is 1. The summed E-state index contributed by atoms with van der Waals surface area (Å²) >= 11 is 0. The molecule has 0 saturated heterocycles. The van der Waals surface area contributed by atoms with Crippen molar-refractivity contribution in [2.75, 3.05) is 13.2 Å². The summed E-state index contributed by atoms with van der Waals surface area (Å²) in [5.41, 5.74) is -0.359. The van der Waals surface area contributed by atoms with E-state index in [2.05, 4.69) is 0 Å². The standard InChI is InChI=1S/C14H19F3O3/c1-3-8-19-10-6-5-7-11(20-9-4-2)12(10)13(18)14(15,16)17/h5-7,13,18H,3-4,8-9H2,1-2H3. The molecule has 1 atom stereocenters. The number of alkyl halides is 3. The zero-order chi connectivity index (χ0) is 15.2. The minimum atomic E-state index is -4.77. The van der Waals surface area contributed by atoms with E-state index in [0.717, 1.165) is 0 Å². The van der Waals surface area contributed by atoms with Crippen LogP contribution in [0.4, 0.5) is 13.2 Å². The third-order valence-electron chi connectivity index (χ3n) is 2.53. The number of rotatable bonds is 7. The van der Waals surface area contributed by atoms with Gasteiger partial charge in [-0.05, 0) is 25.0 Å². The average Bonchev–Trinajstić information content (AvgIpc) is 2.40. The number of ether oxygens (including phenoxy) is 2. The lowest BCUT2D eigenvalue weighted by Crippen LogP contribution is -2.22. The van der Waals surface area contributed by atoms with Crippen LogP contribution in [-0.2, 0) is 0 Å². The molecule has 0 saturated carbocycles. The highest BCUT2D eigenvalue weighted by atomic mass is 19.4. The van der Waals surface area contributed by atoms with Crippen molar-refractivity contribution in [2.45, 2.75) is 39.0 Å². The SMILES string of the molecule is CCCOc1cccc(OCCC)c1C(O)C(F)(F)F. The summed E-state index contributed by atoms with van der Waals surface area (Å²) in [5.74, 6) is 0.00977. The second kappa shape index (κ2) is 7.38. The van der Waals surface area contributed by atoms with E-state index in [4.69, 9.17) is 9.47 Å². The topological polar surface area (TPSA) is 38.7 Å². The van der Waals surface area contributed by atoms with Gasteiger partial charge in [0.1, 0.15) is 11.5 Å². The summed E-state index contributed by atoms with van der Waals surface area (Å²) in [6, 6.07) is 4.35. The summed E-state index contributed by atoms with van der Waals surface area (Å²) in [6.07, 6.45) is -6.08. The highest BCUT2D eigenvalue weighted by Crippen LogP contribution is 2.42. The van der Waals surface area contributed by atoms with Gasteiger partial charge >= 0.3 is 6.18 Å². The van der Waals surface area contributed by atoms with Crippen molar-refractivity contribution in [2.24, 2.45) is 0 Å². The molecule has 0 aliphatic heterocycles. The van der Waals surface area contributed by atoms with E-state index in [1.54, 1.807) is 6.07 Å². The lowest BCUT2D eigenvalue weighted by molar-refractivity contribution is -0.207. The summed E-state index contributed by atoms with van der Waals surface area (Å²) in [5, 5.41) is 9.53. The summed E-state index contributed by atoms with van der Waals surface area (Å²) in [4.78, 5) is 0. The Morgan fingerprint density at radius 1 is 1.05 bits per heavy atom. The predicted octanol–water partition coefficient (Wildman–Crippen LogP) is 3.86. The van der Waals surface area contributed by atoms with Crippen LogP contribution in [0.2, 0.25) is 0 Å². The van der Waals surface area contributed by atoms with Crippen LogP contribution >= 0.6 is 0 Å². The molecule has 0 radical (unpaired) electrons. The van der Waals surface area contributed by atoms with Gasteiger partial charge in [0.15, 0.2) is 6.10 Å². The van der Waals surface area contributed by atoms with E-state index in [1.165, 1.54) is 12.1 Å². The maximum absolute atomic E-state index is 12.8. The average molecular weight is 292 g/mol. The first-order valence-electron chi connectivity index (χ1n) is 6.55. The molecular weight excluding hydrogens is 273 g/mol. The Morgan fingerprint density at radius 3 is 1.85 bits per heavy atom. The van der Waals surface area contributed by atoms with Crippen molar-refractivity contribution >= 4 is 0 Å². The quantitative estimate of drug-likeness (QED) is 0.829. The predicted molar refractivity (Wildman–Crippen MR) is 69.0 cm³/mol. The van der Waals surface area contributed by atoms with Gasteiger partial charge in [0.25, 0.3) is 0 Å². The molecule has 1 aromatic rings. The number of benzene rings is 1. The molecule has 1 aromatic carbocycles. The Bertz CT molecular complexity index is 392. The fourth-order valence-electron chi connectivity index (χ4n) is 1.63. The van der Waals surface area contributed by atoms with Gasteiger partial charge in [-0.3, -0.25) is 0 Å². The van der Waals surface area contributed by atoms with Crippen molar-refractivity contribution in [3.05, 3.63) is 23.8 Å². The molecule has 0 heterocycles. The molecule has 1 N–H and O–H groups in total. The molecule has 1 rings (SSSR count). The van der Waals surface area contributed by atoms with Crippen LogP contribution in [0.15, 0.2) is 18.2 Å². The molecule has 20 heavy (non-hydrogen) atoms. The van der Waals surface area contributed by atoms with Crippen LogP contribution in [0, 0.1) is 0 Å². The monoisotopic (exact) mass is 292 g/mol. The van der Waals surface area contributed by atoms with Crippen molar-refractivity contribution in [3.8, 4) is 11.5 Å². The molecule has 1 unspecified atom stereocenters. The first kappa shape index (κ1) is 16.6. The van der Waals surface area contributed by atoms with Crippen molar-refractivity contribution in [3.63, 3.8) is 0 Å². The van der Waals surface area contributed by atoms with Crippen molar-refractivity contribution in [1.29, 1.82) is 0 Å². The van der Waals surface area contributed by atoms with Gasteiger partial charge in [0, 0.05) is 0 Å². The molecule has 0 spiro atoms. The fraction of sp³-hybridized carbons (Fsp3) is 0.571. The normalized spacial score (nSPS) is 13.1. The molecule has 0 aliphatic carbocycles. The van der Waals surface area contributed by atoms with E-state index in [-0.39, 0.29) is 30.3 Å². The van der Waals surface area contributed by atoms with Crippen LogP contribution in [0.5, 0.6) is 11.5 Å². The van der Waals surface area contributed by atoms with Crippen LogP contribution in [0.1, 0.15) is 38.4 Å².